The highest BCUT2D eigenvalue weighted by Gasteiger charge is 2.24. The number of hydrogen-bond donors (Lipinski definition) is 4. The van der Waals surface area contributed by atoms with E-state index in [4.69, 9.17) is 14.9 Å². The molecule has 0 saturated heterocycles. The number of allylic oxidation sites excluding steroid dienone is 2. The van der Waals surface area contributed by atoms with E-state index in [-0.39, 0.29) is 13.0 Å². The molecule has 0 saturated carbocycles. The number of hydrogen-bond acceptors (Lipinski definition) is 8. The Morgan fingerprint density at radius 2 is 1.38 bits per heavy atom. The number of unbranched alkanes of at least 4 members (excludes halogenated alkanes) is 9. The molecule has 0 aliphatic heterocycles. The summed E-state index contributed by atoms with van der Waals surface area (Å²) in [5.41, 5.74) is 0. The second-order valence-electron chi connectivity index (χ2n) is 7.86. The predicted molar refractivity (Wildman–Crippen MR) is 122 cm³/mol. The van der Waals surface area contributed by atoms with E-state index in [1.54, 1.807) is 0 Å². The third-order valence-electron chi connectivity index (χ3n) is 4.65. The molecular formula is C22H43O9P. The maximum Gasteiger partial charge on any atom is 0.472 e. The molecule has 3 atom stereocenters. The van der Waals surface area contributed by atoms with Gasteiger partial charge in [-0.2, -0.15) is 0 Å². The molecule has 0 heterocycles. The Labute approximate surface area is 192 Å². The Hall–Kier alpha value is -0.800. The molecule has 4 N–H and O–H groups in total. The van der Waals surface area contributed by atoms with Gasteiger partial charge in [-0.05, 0) is 32.1 Å². The monoisotopic (exact) mass is 482 g/mol. The molecule has 0 amide bonds. The Morgan fingerprint density at radius 1 is 0.844 bits per heavy atom. The van der Waals surface area contributed by atoms with Crippen LogP contribution in [0.4, 0.5) is 0 Å². The molecule has 10 heteroatoms. The van der Waals surface area contributed by atoms with Gasteiger partial charge in [0.05, 0.1) is 19.8 Å². The summed E-state index contributed by atoms with van der Waals surface area (Å²) in [7, 11) is -4.48. The van der Waals surface area contributed by atoms with Gasteiger partial charge in [0.1, 0.15) is 18.8 Å². The van der Waals surface area contributed by atoms with Crippen LogP contribution in [0, 0.1) is 0 Å². The first kappa shape index (κ1) is 31.2. The van der Waals surface area contributed by atoms with Crippen LogP contribution in [-0.2, 0) is 23.1 Å². The first-order valence-electron chi connectivity index (χ1n) is 11.7. The molecule has 0 aromatic carbocycles. The minimum atomic E-state index is -4.48. The van der Waals surface area contributed by atoms with Gasteiger partial charge in [-0.1, -0.05) is 57.6 Å². The third kappa shape index (κ3) is 21.1. The lowest BCUT2D eigenvalue weighted by molar-refractivity contribution is -0.147. The number of esters is 1. The highest BCUT2D eigenvalue weighted by atomic mass is 31.2. The standard InChI is InChI=1S/C22H43O9P/c1-2-3-4-5-6-7-8-9-10-11-12-13-14-15-22(26)29-17-21(25)19-31-32(27,28)30-18-20(24)16-23/h7-8,20-21,23-25H,2-6,9-19H2,1H3,(H,27,28)/t20-,21+/m0/s1. The van der Waals surface area contributed by atoms with Crippen molar-refractivity contribution in [3.05, 3.63) is 12.2 Å². The minimum Gasteiger partial charge on any atom is -0.463 e. The molecule has 0 rings (SSSR count). The van der Waals surface area contributed by atoms with Crippen LogP contribution in [-0.4, -0.2) is 64.8 Å². The summed E-state index contributed by atoms with van der Waals surface area (Å²) in [5, 5.41) is 27.4. The average Bonchev–Trinajstić information content (AvgIpc) is 2.77. The second-order valence-corrected chi connectivity index (χ2v) is 9.31. The van der Waals surface area contributed by atoms with E-state index in [0.717, 1.165) is 32.1 Å². The normalized spacial score (nSPS) is 15.5. The van der Waals surface area contributed by atoms with Crippen molar-refractivity contribution in [3.8, 4) is 0 Å². The summed E-state index contributed by atoms with van der Waals surface area (Å²) in [4.78, 5) is 21.1. The van der Waals surface area contributed by atoms with Gasteiger partial charge in [-0.15, -0.1) is 0 Å². The van der Waals surface area contributed by atoms with Crippen molar-refractivity contribution >= 4 is 13.8 Å². The van der Waals surface area contributed by atoms with E-state index >= 15 is 0 Å². The van der Waals surface area contributed by atoms with E-state index in [1.807, 2.05) is 0 Å². The van der Waals surface area contributed by atoms with E-state index in [1.165, 1.54) is 32.1 Å². The van der Waals surface area contributed by atoms with Crippen molar-refractivity contribution in [3.63, 3.8) is 0 Å². The van der Waals surface area contributed by atoms with Gasteiger partial charge in [0.25, 0.3) is 0 Å². The van der Waals surface area contributed by atoms with E-state index in [2.05, 4.69) is 28.1 Å². The smallest absolute Gasteiger partial charge is 0.463 e. The van der Waals surface area contributed by atoms with Crippen molar-refractivity contribution in [1.29, 1.82) is 0 Å². The van der Waals surface area contributed by atoms with E-state index in [0.29, 0.717) is 6.42 Å². The first-order chi connectivity index (χ1) is 15.3. The fraction of sp³-hybridized carbons (Fsp3) is 0.864. The molecule has 0 bridgehead atoms. The molecular weight excluding hydrogens is 439 g/mol. The SMILES string of the molecule is CCCCCCC=CCCCCCCCC(=O)OC[C@@H](O)COP(=O)(O)OC[C@@H](O)CO. The topological polar surface area (TPSA) is 143 Å². The number of phosphoric acid groups is 1. The molecule has 0 spiro atoms. The summed E-state index contributed by atoms with van der Waals surface area (Å²) in [6.07, 6.45) is 14.6. The van der Waals surface area contributed by atoms with Crippen LogP contribution in [0.25, 0.3) is 0 Å². The summed E-state index contributed by atoms with van der Waals surface area (Å²) >= 11 is 0. The number of ether oxygens (including phenoxy) is 1. The molecule has 0 aliphatic carbocycles. The molecule has 1 unspecified atom stereocenters. The van der Waals surface area contributed by atoms with Crippen molar-refractivity contribution in [2.75, 3.05) is 26.4 Å². The fourth-order valence-corrected chi connectivity index (χ4v) is 3.54. The zero-order valence-corrected chi connectivity index (χ0v) is 20.3. The summed E-state index contributed by atoms with van der Waals surface area (Å²) in [6, 6.07) is 0. The van der Waals surface area contributed by atoms with Crippen molar-refractivity contribution in [1.82, 2.24) is 0 Å². The second kappa shape index (κ2) is 20.8. The molecule has 0 aromatic heterocycles. The fourth-order valence-electron chi connectivity index (χ4n) is 2.75. The summed E-state index contributed by atoms with van der Waals surface area (Å²) in [6.45, 7) is 0.0561. The lowest BCUT2D eigenvalue weighted by atomic mass is 10.1. The highest BCUT2D eigenvalue weighted by molar-refractivity contribution is 7.47. The Kier molecular flexibility index (Phi) is 20.3. The van der Waals surface area contributed by atoms with Crippen molar-refractivity contribution < 1.29 is 43.4 Å². The average molecular weight is 483 g/mol. The maximum absolute atomic E-state index is 11.7. The van der Waals surface area contributed by atoms with Gasteiger partial charge >= 0.3 is 13.8 Å². The summed E-state index contributed by atoms with van der Waals surface area (Å²) < 4.78 is 25.4. The highest BCUT2D eigenvalue weighted by Crippen LogP contribution is 2.43. The number of aliphatic hydroxyl groups excluding tert-OH is 3. The van der Waals surface area contributed by atoms with Crippen LogP contribution in [0.2, 0.25) is 0 Å². The Bertz CT molecular complexity index is 528. The first-order valence-corrected chi connectivity index (χ1v) is 13.2. The molecule has 0 aromatic rings. The van der Waals surface area contributed by atoms with Crippen LogP contribution >= 0.6 is 7.82 Å². The molecule has 0 radical (unpaired) electrons. The van der Waals surface area contributed by atoms with Gasteiger partial charge in [0.15, 0.2) is 0 Å². The van der Waals surface area contributed by atoms with Crippen molar-refractivity contribution in [2.24, 2.45) is 0 Å². The third-order valence-corrected chi connectivity index (χ3v) is 5.60. The molecule has 190 valence electrons. The van der Waals surface area contributed by atoms with Gasteiger partial charge in [0.2, 0.25) is 0 Å². The van der Waals surface area contributed by atoms with Crippen LogP contribution in [0.1, 0.15) is 84.0 Å². The molecule has 0 aliphatic rings. The zero-order chi connectivity index (χ0) is 24.1. The quantitative estimate of drug-likeness (QED) is 0.0787. The molecule has 0 fully saturated rings. The van der Waals surface area contributed by atoms with E-state index in [9.17, 15) is 19.4 Å². The van der Waals surface area contributed by atoms with Crippen LogP contribution < -0.4 is 0 Å². The zero-order valence-electron chi connectivity index (χ0n) is 19.4. The van der Waals surface area contributed by atoms with E-state index < -0.39 is 45.8 Å². The Morgan fingerprint density at radius 3 is 1.97 bits per heavy atom. The number of carbonyl (C=O) groups excluding carboxylic acids is 1. The number of carbonyl (C=O) groups is 1. The van der Waals surface area contributed by atoms with Crippen molar-refractivity contribution in [2.45, 2.75) is 96.2 Å². The molecule has 9 nitrogen and oxygen atoms in total. The van der Waals surface area contributed by atoms with Crippen LogP contribution in [0.15, 0.2) is 12.2 Å². The summed E-state index contributed by atoms with van der Waals surface area (Å²) in [5.74, 6) is -0.440. The Balaban J connectivity index is 3.61. The number of phosphoric ester groups is 1. The van der Waals surface area contributed by atoms with Gasteiger partial charge in [0, 0.05) is 6.42 Å². The number of aliphatic hydroxyl groups is 3. The largest absolute Gasteiger partial charge is 0.472 e. The van der Waals surface area contributed by atoms with Crippen LogP contribution in [0.3, 0.4) is 0 Å². The van der Waals surface area contributed by atoms with Crippen LogP contribution in [0.5, 0.6) is 0 Å². The maximum atomic E-state index is 11.7. The van der Waals surface area contributed by atoms with Gasteiger partial charge in [-0.3, -0.25) is 13.8 Å². The minimum absolute atomic E-state index is 0.256. The predicted octanol–water partition coefficient (Wildman–Crippen LogP) is 3.63. The van der Waals surface area contributed by atoms with Gasteiger partial charge < -0.3 is 24.9 Å². The van der Waals surface area contributed by atoms with Gasteiger partial charge in [-0.25, -0.2) is 4.57 Å². The lowest BCUT2D eigenvalue weighted by Gasteiger charge is -2.16. The lowest BCUT2D eigenvalue weighted by Crippen LogP contribution is -2.24. The molecule has 32 heavy (non-hydrogen) atoms. The number of rotatable bonds is 22.